The number of rotatable bonds is 1. The fourth-order valence-electron chi connectivity index (χ4n) is 7.30. The van der Waals surface area contributed by atoms with Crippen LogP contribution in [-0.4, -0.2) is 28.2 Å². The van der Waals surface area contributed by atoms with E-state index in [0.29, 0.717) is 17.6 Å². The monoisotopic (exact) mass is 332 g/mol. The average Bonchev–Trinajstić information content (AvgIpc) is 2.86. The summed E-state index contributed by atoms with van der Waals surface area (Å²) in [5.74, 6) is 1.77. The van der Waals surface area contributed by atoms with E-state index >= 15 is 0 Å². The van der Waals surface area contributed by atoms with E-state index in [2.05, 4.69) is 19.9 Å². The second-order valence-corrected chi connectivity index (χ2v) is 9.57. The van der Waals surface area contributed by atoms with E-state index in [4.69, 9.17) is 0 Å². The van der Waals surface area contributed by atoms with Gasteiger partial charge in [0, 0.05) is 5.92 Å². The Morgan fingerprint density at radius 2 is 1.83 bits per heavy atom. The average molecular weight is 332 g/mol. The smallest absolute Gasteiger partial charge is 0.133 e. The van der Waals surface area contributed by atoms with Crippen LogP contribution in [0.5, 0.6) is 0 Å². The van der Waals surface area contributed by atoms with Gasteiger partial charge in [-0.05, 0) is 80.5 Å². The van der Waals surface area contributed by atoms with Crippen molar-refractivity contribution in [3.63, 3.8) is 0 Å². The number of hydrogen-bond donors (Lipinski definition) is 2. The van der Waals surface area contributed by atoms with Crippen LogP contribution in [-0.2, 0) is 4.79 Å². The van der Waals surface area contributed by atoms with Gasteiger partial charge in [0.2, 0.25) is 0 Å². The third-order valence-electron chi connectivity index (χ3n) is 8.59. The Morgan fingerprint density at radius 3 is 2.54 bits per heavy atom. The lowest BCUT2D eigenvalue weighted by molar-refractivity contribution is -0.130. The van der Waals surface area contributed by atoms with Crippen LogP contribution in [0.25, 0.3) is 0 Å². The molecule has 4 aliphatic carbocycles. The molecule has 0 aliphatic heterocycles. The Kier molecular flexibility index (Phi) is 3.78. The predicted octanol–water partition coefficient (Wildman–Crippen LogP) is 3.49. The molecule has 3 fully saturated rings. The van der Waals surface area contributed by atoms with E-state index in [0.717, 1.165) is 44.9 Å². The molecule has 0 saturated heterocycles. The molecule has 4 rings (SSSR count). The summed E-state index contributed by atoms with van der Waals surface area (Å²) in [7, 11) is 0. The summed E-state index contributed by atoms with van der Waals surface area (Å²) >= 11 is 0. The van der Waals surface area contributed by atoms with E-state index in [1.807, 2.05) is 0 Å². The van der Waals surface area contributed by atoms with Gasteiger partial charge in [-0.1, -0.05) is 25.5 Å². The van der Waals surface area contributed by atoms with Crippen LogP contribution >= 0.6 is 0 Å². The lowest BCUT2D eigenvalue weighted by Crippen LogP contribution is -2.55. The van der Waals surface area contributed by atoms with Crippen molar-refractivity contribution in [2.45, 2.75) is 77.9 Å². The van der Waals surface area contributed by atoms with Gasteiger partial charge in [0.1, 0.15) is 5.78 Å². The van der Waals surface area contributed by atoms with Crippen LogP contribution in [0.2, 0.25) is 0 Å². The number of carbonyl (C=O) groups is 1. The molecule has 3 saturated carbocycles. The van der Waals surface area contributed by atoms with Gasteiger partial charge in [0.25, 0.3) is 0 Å². The summed E-state index contributed by atoms with van der Waals surface area (Å²) in [6.45, 7) is 6.43. The number of aliphatic hydroxyl groups excluding tert-OH is 2. The molecule has 0 radical (unpaired) electrons. The summed E-state index contributed by atoms with van der Waals surface area (Å²) in [6.07, 6.45) is 8.39. The Balaban J connectivity index is 1.71. The van der Waals surface area contributed by atoms with E-state index in [9.17, 15) is 15.0 Å². The van der Waals surface area contributed by atoms with Crippen molar-refractivity contribution in [2.24, 2.45) is 34.5 Å². The number of fused-ring (bicyclic) bond motifs is 5. The highest BCUT2D eigenvalue weighted by atomic mass is 16.3. The molecule has 3 nitrogen and oxygen atoms in total. The van der Waals surface area contributed by atoms with Crippen LogP contribution in [0.1, 0.15) is 65.7 Å². The Bertz CT molecular complexity index is 582. The van der Waals surface area contributed by atoms with Gasteiger partial charge in [0.15, 0.2) is 0 Å². The van der Waals surface area contributed by atoms with Crippen molar-refractivity contribution in [3.05, 3.63) is 11.6 Å². The van der Waals surface area contributed by atoms with Crippen LogP contribution in [0.3, 0.4) is 0 Å². The van der Waals surface area contributed by atoms with Crippen LogP contribution in [0.15, 0.2) is 11.6 Å². The van der Waals surface area contributed by atoms with Gasteiger partial charge in [-0.15, -0.1) is 0 Å². The highest BCUT2D eigenvalue weighted by Crippen LogP contribution is 2.66. The van der Waals surface area contributed by atoms with Gasteiger partial charge >= 0.3 is 0 Å². The SMILES string of the molecule is CC(=O)[C@H]1CC[C@H]2[C@@H]3[C@@H](O)C=C4CC(O)CC[C@]4(C)[C@H]3CC[C@]12C. The third-order valence-corrected chi connectivity index (χ3v) is 8.59. The van der Waals surface area contributed by atoms with Gasteiger partial charge in [-0.25, -0.2) is 0 Å². The van der Waals surface area contributed by atoms with Crippen molar-refractivity contribution in [2.75, 3.05) is 0 Å². The highest BCUT2D eigenvalue weighted by Gasteiger charge is 2.61. The zero-order chi connectivity index (χ0) is 17.3. The van der Waals surface area contributed by atoms with E-state index < -0.39 is 6.10 Å². The van der Waals surface area contributed by atoms with E-state index in [1.54, 1.807) is 6.92 Å². The Morgan fingerprint density at radius 1 is 1.08 bits per heavy atom. The van der Waals surface area contributed by atoms with Crippen molar-refractivity contribution in [3.8, 4) is 0 Å². The second-order valence-electron chi connectivity index (χ2n) is 9.57. The van der Waals surface area contributed by atoms with Crippen LogP contribution in [0, 0.1) is 34.5 Å². The molecule has 24 heavy (non-hydrogen) atoms. The maximum absolute atomic E-state index is 12.2. The number of Topliss-reactive ketones (excluding diaryl/α,β-unsaturated/α-hetero) is 1. The van der Waals surface area contributed by atoms with Crippen molar-refractivity contribution in [1.82, 2.24) is 0 Å². The number of hydrogen-bond acceptors (Lipinski definition) is 3. The Labute approximate surface area is 145 Å². The molecule has 1 unspecified atom stereocenters. The van der Waals surface area contributed by atoms with Gasteiger partial charge in [-0.3, -0.25) is 4.79 Å². The van der Waals surface area contributed by atoms with Crippen LogP contribution in [0.4, 0.5) is 0 Å². The molecule has 3 heteroatoms. The first-order valence-corrected chi connectivity index (χ1v) is 9.85. The molecule has 0 aromatic heterocycles. The third kappa shape index (κ3) is 2.13. The van der Waals surface area contributed by atoms with Crippen LogP contribution < -0.4 is 0 Å². The minimum absolute atomic E-state index is 0.0733. The van der Waals surface area contributed by atoms with Gasteiger partial charge in [0.05, 0.1) is 12.2 Å². The van der Waals surface area contributed by atoms with Crippen molar-refractivity contribution in [1.29, 1.82) is 0 Å². The first-order chi connectivity index (χ1) is 11.3. The van der Waals surface area contributed by atoms with Crippen molar-refractivity contribution >= 4 is 5.78 Å². The summed E-state index contributed by atoms with van der Waals surface area (Å²) in [5.41, 5.74) is 1.50. The molecular weight excluding hydrogens is 300 g/mol. The minimum Gasteiger partial charge on any atom is -0.393 e. The van der Waals surface area contributed by atoms with Gasteiger partial charge in [-0.2, -0.15) is 0 Å². The summed E-state index contributed by atoms with van der Waals surface area (Å²) in [5, 5.41) is 21.1. The number of aliphatic hydroxyl groups is 2. The fraction of sp³-hybridized carbons (Fsp3) is 0.857. The van der Waals surface area contributed by atoms with E-state index in [1.165, 1.54) is 5.57 Å². The molecule has 0 amide bonds. The van der Waals surface area contributed by atoms with Gasteiger partial charge < -0.3 is 10.2 Å². The van der Waals surface area contributed by atoms with Crippen molar-refractivity contribution < 1.29 is 15.0 Å². The molecule has 0 bridgehead atoms. The zero-order valence-corrected chi connectivity index (χ0v) is 15.3. The lowest BCUT2D eigenvalue weighted by Gasteiger charge is -2.59. The molecule has 0 aromatic rings. The lowest BCUT2D eigenvalue weighted by atomic mass is 9.46. The summed E-state index contributed by atoms with van der Waals surface area (Å²) in [4.78, 5) is 12.2. The normalized spacial score (nSPS) is 53.6. The maximum Gasteiger partial charge on any atom is 0.133 e. The Hall–Kier alpha value is -0.670. The highest BCUT2D eigenvalue weighted by molar-refractivity contribution is 5.79. The predicted molar refractivity (Wildman–Crippen MR) is 93.3 cm³/mol. The fourth-order valence-corrected chi connectivity index (χ4v) is 7.30. The first-order valence-electron chi connectivity index (χ1n) is 9.85. The molecule has 2 N–H and O–H groups in total. The molecular formula is C21H32O3. The number of carbonyl (C=O) groups excluding carboxylic acids is 1. The topological polar surface area (TPSA) is 57.5 Å². The zero-order valence-electron chi connectivity index (χ0n) is 15.3. The standard InChI is InChI=1S/C21H32O3/c1-12(22)15-4-5-16-19-17(7-9-21(15,16)3)20(2)8-6-14(23)10-13(20)11-18(19)24/h11,14-19,23-24H,4-10H2,1-3H3/t14?,15-,16+,17+,18+,19+,20+,21-/m1/s1. The second kappa shape index (κ2) is 5.41. The molecule has 4 aliphatic rings. The molecule has 0 aromatic carbocycles. The molecule has 8 atom stereocenters. The summed E-state index contributed by atoms with van der Waals surface area (Å²) < 4.78 is 0. The molecule has 0 spiro atoms. The number of ketones is 1. The van der Waals surface area contributed by atoms with E-state index in [-0.39, 0.29) is 28.8 Å². The summed E-state index contributed by atoms with van der Waals surface area (Å²) in [6, 6.07) is 0. The largest absolute Gasteiger partial charge is 0.393 e. The quantitative estimate of drug-likeness (QED) is 0.723. The maximum atomic E-state index is 12.2. The molecule has 134 valence electrons. The first kappa shape index (κ1) is 16.8. The minimum atomic E-state index is -0.404. The molecule has 0 heterocycles.